The third kappa shape index (κ3) is 10.2. The highest BCUT2D eigenvalue weighted by molar-refractivity contribution is 8.24. The number of rotatable bonds is 3. The van der Waals surface area contributed by atoms with E-state index < -0.39 is 5.20 Å². The number of hydrogen-bond acceptors (Lipinski definition) is 8. The summed E-state index contributed by atoms with van der Waals surface area (Å²) in [6.07, 6.45) is 16.5. The number of H-pyrrole nitrogens is 1. The van der Waals surface area contributed by atoms with Gasteiger partial charge in [-0.15, -0.1) is 0 Å². The minimum absolute atomic E-state index is 0.107. The van der Waals surface area contributed by atoms with E-state index in [-0.39, 0.29) is 5.56 Å². The molecule has 236 valence electrons. The molecule has 1 N–H and O–H groups in total. The van der Waals surface area contributed by atoms with Crippen molar-refractivity contribution in [1.82, 2.24) is 39.5 Å². The highest BCUT2D eigenvalue weighted by atomic mass is 36.0. The van der Waals surface area contributed by atoms with Crippen molar-refractivity contribution in [2.45, 2.75) is 63.5 Å². The molecular weight excluding hydrogens is 667 g/mol. The lowest BCUT2D eigenvalue weighted by molar-refractivity contribution is 0.470. The van der Waals surface area contributed by atoms with Crippen LogP contribution in [0.4, 0.5) is 5.69 Å². The molecule has 0 unspecified atom stereocenters. The number of benzene rings is 1. The molecule has 4 aromatic heterocycles. The molecule has 44 heavy (non-hydrogen) atoms. The van der Waals surface area contributed by atoms with Crippen molar-refractivity contribution in [3.8, 4) is 0 Å². The smallest absolute Gasteiger partial charge is 0.339 e. The van der Waals surface area contributed by atoms with E-state index in [1.54, 1.807) is 0 Å². The molecule has 0 bridgehead atoms. The third-order valence-corrected chi connectivity index (χ3v) is 7.60. The fourth-order valence-electron chi connectivity index (χ4n) is 5.13. The largest absolute Gasteiger partial charge is 0.378 e. The minimum atomic E-state index is -3.22. The Balaban J connectivity index is 0.000000144. The number of para-hydroxylation sites is 1. The molecule has 4 heterocycles. The van der Waals surface area contributed by atoms with Gasteiger partial charge in [0.1, 0.15) is 16.9 Å². The van der Waals surface area contributed by atoms with E-state index in [0.29, 0.717) is 33.9 Å². The van der Waals surface area contributed by atoms with Gasteiger partial charge in [0.05, 0.1) is 23.8 Å². The quantitative estimate of drug-likeness (QED) is 0.147. The van der Waals surface area contributed by atoms with Gasteiger partial charge < -0.3 is 9.88 Å². The fourth-order valence-corrected chi connectivity index (χ4v) is 5.31. The maximum absolute atomic E-state index is 11.5. The van der Waals surface area contributed by atoms with Gasteiger partial charge in [0.15, 0.2) is 11.3 Å². The van der Waals surface area contributed by atoms with Crippen LogP contribution < -0.4 is 10.5 Å². The highest BCUT2D eigenvalue weighted by Crippen LogP contribution is 2.61. The van der Waals surface area contributed by atoms with E-state index in [1.165, 1.54) is 56.9 Å². The summed E-state index contributed by atoms with van der Waals surface area (Å²) in [6.45, 7) is 0. The van der Waals surface area contributed by atoms with Crippen LogP contribution in [-0.4, -0.2) is 53.6 Å². The summed E-state index contributed by atoms with van der Waals surface area (Å²) < 4.78 is 13.4. The van der Waals surface area contributed by atoms with E-state index in [9.17, 15) is 9.36 Å². The number of anilines is 1. The summed E-state index contributed by atoms with van der Waals surface area (Å²) in [5.74, 6) is 0. The van der Waals surface area contributed by atoms with Gasteiger partial charge in [-0.1, -0.05) is 55.5 Å². The molecule has 7 rings (SSSR count). The van der Waals surface area contributed by atoms with Crippen molar-refractivity contribution < 1.29 is 4.57 Å². The first-order valence-electron chi connectivity index (χ1n) is 14.2. The molecule has 11 nitrogen and oxygen atoms in total. The zero-order chi connectivity index (χ0) is 31.7. The monoisotopic (exact) mass is 699 g/mol. The predicted molar refractivity (Wildman–Crippen MR) is 179 cm³/mol. The summed E-state index contributed by atoms with van der Waals surface area (Å²) in [6, 6.07) is 11.2. The van der Waals surface area contributed by atoms with Crippen LogP contribution in [0.2, 0.25) is 5.15 Å². The van der Waals surface area contributed by atoms with E-state index in [0.717, 1.165) is 18.2 Å². The lowest BCUT2D eigenvalue weighted by Gasteiger charge is -2.10. The number of aromatic nitrogens is 8. The van der Waals surface area contributed by atoms with E-state index in [1.807, 2.05) is 54.1 Å². The van der Waals surface area contributed by atoms with Gasteiger partial charge in [0.2, 0.25) is 0 Å². The van der Waals surface area contributed by atoms with Crippen LogP contribution in [0, 0.1) is 0 Å². The average molecular weight is 701 g/mol. The Morgan fingerprint density at radius 1 is 0.818 bits per heavy atom. The van der Waals surface area contributed by atoms with Crippen molar-refractivity contribution in [3.05, 3.63) is 70.9 Å². The van der Waals surface area contributed by atoms with Gasteiger partial charge >= 0.3 is 5.20 Å². The molecule has 0 amide bonds. The molecule has 2 saturated carbocycles. The third-order valence-electron chi connectivity index (χ3n) is 7.30. The topological polar surface area (TPSA) is 127 Å². The second kappa shape index (κ2) is 16.0. The van der Waals surface area contributed by atoms with Gasteiger partial charge in [-0.2, -0.15) is 10.2 Å². The molecule has 0 saturated heterocycles. The average Bonchev–Trinajstić information content (AvgIpc) is 3.79. The van der Waals surface area contributed by atoms with Crippen LogP contribution in [0.3, 0.4) is 0 Å². The van der Waals surface area contributed by atoms with Crippen molar-refractivity contribution in [2.24, 2.45) is 0 Å². The molecule has 0 spiro atoms. The van der Waals surface area contributed by atoms with Gasteiger partial charge in [-0.3, -0.25) is 18.7 Å². The lowest BCUT2D eigenvalue weighted by atomic mass is 10.3. The maximum atomic E-state index is 11.5. The van der Waals surface area contributed by atoms with Crippen LogP contribution in [0.5, 0.6) is 0 Å². The summed E-state index contributed by atoms with van der Waals surface area (Å²) in [7, 11) is 4.07. The van der Waals surface area contributed by atoms with E-state index in [4.69, 9.17) is 11.6 Å². The first-order valence-corrected chi connectivity index (χ1v) is 19.0. The molecular formula is C28H34Cl4N9O2P. The minimum Gasteiger partial charge on any atom is -0.378 e. The standard InChI is InChI=1S/C10H11ClN4.C10H12N4O.C8H11N.Cl3OP/c11-9-8-5-15(7-3-1-2-4-7)14-10(8)13-6-12-9;15-10-8-5-14(7-3-1-2-4-7)13-9(8)11-6-12-10;1-9(2)8-6-4-3-5-7-8;1-5(2,3)4/h5-7H,1-4H2;5-7H,1-4H2,(H,11,12,13,15);3-7H,1-2H3;. The number of hydrogen-bond donors (Lipinski definition) is 1. The van der Waals surface area contributed by atoms with Crippen molar-refractivity contribution in [3.63, 3.8) is 0 Å². The molecule has 2 aliphatic carbocycles. The number of halogens is 4. The summed E-state index contributed by atoms with van der Waals surface area (Å²) in [5.41, 5.74) is 2.38. The zero-order valence-electron chi connectivity index (χ0n) is 24.4. The van der Waals surface area contributed by atoms with Crippen molar-refractivity contribution in [2.75, 3.05) is 19.0 Å². The number of fused-ring (bicyclic) bond motifs is 2. The fraction of sp³-hybridized carbons (Fsp3) is 0.429. The first kappa shape index (κ1) is 34.2. The van der Waals surface area contributed by atoms with Gasteiger partial charge in [0.25, 0.3) is 5.56 Å². The van der Waals surface area contributed by atoms with Crippen molar-refractivity contribution >= 4 is 78.3 Å². The van der Waals surface area contributed by atoms with Gasteiger partial charge in [0, 0.05) is 32.2 Å². The Bertz CT molecular complexity index is 1720. The van der Waals surface area contributed by atoms with Crippen LogP contribution in [0.1, 0.15) is 63.5 Å². The van der Waals surface area contributed by atoms with Gasteiger partial charge in [-0.25, -0.2) is 15.0 Å². The molecule has 0 aliphatic heterocycles. The number of aromatic amines is 1. The molecule has 1 aromatic carbocycles. The normalized spacial score (nSPS) is 15.2. The summed E-state index contributed by atoms with van der Waals surface area (Å²) >= 11 is 19.8. The van der Waals surface area contributed by atoms with Crippen LogP contribution >= 0.6 is 50.5 Å². The van der Waals surface area contributed by atoms with E-state index >= 15 is 0 Å². The lowest BCUT2D eigenvalue weighted by Crippen LogP contribution is -2.07. The SMILES string of the molecule is CN(C)c1ccccc1.Clc1ncnc2nn(C3CCCC3)cc12.O=P(Cl)(Cl)Cl.O=c1[nH]cnc2nn(C3CCCC3)cc12. The Morgan fingerprint density at radius 2 is 1.32 bits per heavy atom. The summed E-state index contributed by atoms with van der Waals surface area (Å²) in [5, 5.41) is 7.49. The predicted octanol–water partition coefficient (Wildman–Crippen LogP) is 8.39. The molecule has 0 radical (unpaired) electrons. The Kier molecular flexibility index (Phi) is 12.5. The molecule has 0 atom stereocenters. The molecule has 16 heteroatoms. The van der Waals surface area contributed by atoms with Crippen LogP contribution in [0.15, 0.2) is 60.2 Å². The molecule has 5 aromatic rings. The Morgan fingerprint density at radius 3 is 1.77 bits per heavy atom. The molecule has 2 fully saturated rings. The Hall–Kier alpha value is -2.69. The van der Waals surface area contributed by atoms with Crippen LogP contribution in [-0.2, 0) is 4.57 Å². The summed E-state index contributed by atoms with van der Waals surface area (Å²) in [4.78, 5) is 28.2. The second-order valence-electron chi connectivity index (χ2n) is 10.6. The first-order chi connectivity index (χ1) is 21.0. The maximum Gasteiger partial charge on any atom is 0.339 e. The molecule has 2 aliphatic rings. The zero-order valence-corrected chi connectivity index (χ0v) is 28.3. The highest BCUT2D eigenvalue weighted by Gasteiger charge is 2.20. The number of nitrogens with zero attached hydrogens (tertiary/aromatic N) is 8. The van der Waals surface area contributed by atoms with Crippen molar-refractivity contribution in [1.29, 1.82) is 0 Å². The second-order valence-corrected chi connectivity index (χ2v) is 17.6. The van der Waals surface area contributed by atoms with Gasteiger partial charge in [-0.05, 0) is 71.5 Å². The van der Waals surface area contributed by atoms with E-state index in [2.05, 4.69) is 80.9 Å². The van der Waals surface area contributed by atoms with Crippen LogP contribution in [0.25, 0.3) is 22.1 Å². The Labute approximate surface area is 274 Å². The number of nitrogens with one attached hydrogen (secondary N) is 1.